The van der Waals surface area contributed by atoms with Crippen LogP contribution in [-0.4, -0.2) is 12.6 Å². The van der Waals surface area contributed by atoms with Crippen molar-refractivity contribution in [1.82, 2.24) is 0 Å². The van der Waals surface area contributed by atoms with Crippen LogP contribution in [0.1, 0.15) is 105 Å². The van der Waals surface area contributed by atoms with Gasteiger partial charge in [0.1, 0.15) is 0 Å². The summed E-state index contributed by atoms with van der Waals surface area (Å²) in [6.45, 7) is 12.6. The number of allylic oxidation sites excluding steroid dienone is 1. The minimum absolute atomic E-state index is 0.141. The van der Waals surface area contributed by atoms with Crippen LogP contribution in [-0.2, 0) is 0 Å². The first-order chi connectivity index (χ1) is 13.8. The highest BCUT2D eigenvalue weighted by molar-refractivity contribution is 5.25. The second-order valence-electron chi connectivity index (χ2n) is 12.2. The molecule has 0 aliphatic heterocycles. The Bertz CT molecular complexity index is 612. The number of fused-ring (bicyclic) bond motifs is 5. The Hall–Kier alpha value is -0.300. The van der Waals surface area contributed by atoms with Gasteiger partial charge in [-0.25, -0.2) is 0 Å². The van der Waals surface area contributed by atoms with Crippen LogP contribution in [0.25, 0.3) is 0 Å². The van der Waals surface area contributed by atoms with E-state index in [0.717, 1.165) is 48.3 Å². The van der Waals surface area contributed by atoms with Gasteiger partial charge in [0.05, 0.1) is 6.10 Å². The summed E-state index contributed by atoms with van der Waals surface area (Å²) in [5.41, 5.74) is 2.62. The first kappa shape index (κ1) is 19.7. The number of aliphatic hydroxyl groups excluding tert-OH is 1. The van der Waals surface area contributed by atoms with Crippen molar-refractivity contribution in [3.05, 3.63) is 11.6 Å². The first-order valence-electron chi connectivity index (χ1n) is 13.0. The lowest BCUT2D eigenvalue weighted by molar-refractivity contribution is -0.0573. The van der Waals surface area contributed by atoms with Crippen molar-refractivity contribution in [2.75, 3.05) is 0 Å². The van der Waals surface area contributed by atoms with Crippen molar-refractivity contribution in [1.29, 1.82) is 1.43 Å². The van der Waals surface area contributed by atoms with Crippen molar-refractivity contribution in [3.8, 4) is 0 Å². The molecular weight excluding hydrogens is 340 g/mol. The summed E-state index contributed by atoms with van der Waals surface area (Å²) in [6.07, 6.45) is 17.5. The van der Waals surface area contributed by atoms with E-state index in [1.807, 2.05) is 0 Å². The van der Waals surface area contributed by atoms with E-state index < -0.39 is 0 Å². The SMILES string of the molecule is [2H]OC1CC[C@@]2(C)C(=CC[C@H]3[C@@H]4CC[C@H]([C@H](C)CCCC(C)C)[C@@]4(C)CC[C@@H]32)C1. The molecule has 0 radical (unpaired) electrons. The molecule has 0 aromatic rings. The highest BCUT2D eigenvalue weighted by atomic mass is 16.3. The van der Waals surface area contributed by atoms with Gasteiger partial charge in [-0.05, 0) is 97.7 Å². The highest BCUT2D eigenvalue weighted by Crippen LogP contribution is 2.67. The summed E-state index contributed by atoms with van der Waals surface area (Å²) in [4.78, 5) is 0. The Morgan fingerprint density at radius 3 is 2.64 bits per heavy atom. The number of rotatable bonds is 6. The van der Waals surface area contributed by atoms with Gasteiger partial charge in [0.15, 0.2) is 0 Å². The monoisotopic (exact) mass is 387 g/mol. The molecule has 1 N–H and O–H groups in total. The molecule has 0 heterocycles. The smallest absolute Gasteiger partial charge is 0.210 e. The third kappa shape index (κ3) is 3.42. The third-order valence-corrected chi connectivity index (χ3v) is 10.3. The van der Waals surface area contributed by atoms with Gasteiger partial charge in [0, 0.05) is 0 Å². The predicted molar refractivity (Wildman–Crippen MR) is 119 cm³/mol. The zero-order valence-electron chi connectivity index (χ0n) is 20.3. The van der Waals surface area contributed by atoms with Crippen LogP contribution in [0.5, 0.6) is 0 Å². The number of hydrogen-bond acceptors (Lipinski definition) is 1. The van der Waals surface area contributed by atoms with E-state index in [-0.39, 0.29) is 6.10 Å². The fourth-order valence-corrected chi connectivity index (χ4v) is 8.65. The van der Waals surface area contributed by atoms with E-state index in [1.165, 1.54) is 57.8 Å². The molecule has 0 amide bonds. The second kappa shape index (κ2) is 7.75. The number of aliphatic hydroxyl groups is 1. The van der Waals surface area contributed by atoms with Crippen LogP contribution < -0.4 is 0 Å². The van der Waals surface area contributed by atoms with Crippen LogP contribution in [0.3, 0.4) is 0 Å². The average Bonchev–Trinajstić information content (AvgIpc) is 3.04. The normalized spacial score (nSPS) is 47.0. The topological polar surface area (TPSA) is 20.2 Å². The van der Waals surface area contributed by atoms with Crippen molar-refractivity contribution in [2.45, 2.75) is 111 Å². The molecule has 0 saturated heterocycles. The summed E-state index contributed by atoms with van der Waals surface area (Å²) in [5.74, 6) is 5.43. The molecule has 1 nitrogen and oxygen atoms in total. The fraction of sp³-hybridized carbons (Fsp3) is 0.926. The Morgan fingerprint density at radius 1 is 1.07 bits per heavy atom. The van der Waals surface area contributed by atoms with Crippen molar-refractivity contribution >= 4 is 0 Å². The summed E-state index contributed by atoms with van der Waals surface area (Å²) < 4.78 is 7.38. The van der Waals surface area contributed by atoms with Gasteiger partial charge < -0.3 is 5.11 Å². The van der Waals surface area contributed by atoms with Gasteiger partial charge in [0.2, 0.25) is 1.43 Å². The minimum atomic E-state index is 0.141. The Morgan fingerprint density at radius 2 is 1.89 bits per heavy atom. The summed E-state index contributed by atoms with van der Waals surface area (Å²) in [6, 6.07) is 0. The van der Waals surface area contributed by atoms with E-state index >= 15 is 0 Å². The maximum atomic E-state index is 7.38. The molecule has 0 bridgehead atoms. The summed E-state index contributed by atoms with van der Waals surface area (Å²) in [7, 11) is 0. The predicted octanol–water partition coefficient (Wildman–Crippen LogP) is 7.39. The standard InChI is InChI=1S/C27H46O/c1-18(2)7-6-8-19(3)23-11-12-24-22-10-9-20-17-21(28)13-15-26(20,4)25(22)14-16-27(23,24)5/h9,18-19,21-25,28H,6-8,10-17H2,1-5H3/t19-,21?,22+,23-,24+,25+,26+,27-/m1/s1/i28D. The maximum Gasteiger partial charge on any atom is 0.210 e. The van der Waals surface area contributed by atoms with E-state index in [1.54, 1.807) is 5.57 Å². The molecule has 4 aliphatic rings. The Kier molecular flexibility index (Phi) is 5.44. The van der Waals surface area contributed by atoms with Crippen LogP contribution in [0, 0.1) is 46.3 Å². The second-order valence-corrected chi connectivity index (χ2v) is 12.2. The van der Waals surface area contributed by atoms with Gasteiger partial charge in [-0.1, -0.05) is 65.5 Å². The highest BCUT2D eigenvalue weighted by Gasteiger charge is 2.59. The molecule has 4 rings (SSSR count). The van der Waals surface area contributed by atoms with Gasteiger partial charge in [-0.15, -0.1) is 0 Å². The van der Waals surface area contributed by atoms with E-state index in [2.05, 4.69) is 40.7 Å². The Labute approximate surface area is 176 Å². The largest absolute Gasteiger partial charge is 0.393 e. The lowest BCUT2D eigenvalue weighted by atomic mass is 9.47. The Balaban J connectivity index is 1.48. The lowest BCUT2D eigenvalue weighted by Gasteiger charge is -2.58. The molecule has 0 spiro atoms. The van der Waals surface area contributed by atoms with Crippen LogP contribution in [0.2, 0.25) is 0 Å². The van der Waals surface area contributed by atoms with Gasteiger partial charge >= 0.3 is 0 Å². The third-order valence-electron chi connectivity index (χ3n) is 10.3. The number of hydrogen-bond donors (Lipinski definition) is 1. The molecule has 160 valence electrons. The van der Waals surface area contributed by atoms with E-state index in [4.69, 9.17) is 6.54 Å². The zero-order chi connectivity index (χ0) is 20.8. The fourth-order valence-electron chi connectivity index (χ4n) is 8.65. The molecule has 8 atom stereocenters. The molecule has 0 aromatic carbocycles. The van der Waals surface area contributed by atoms with E-state index in [9.17, 15) is 0 Å². The van der Waals surface area contributed by atoms with Crippen molar-refractivity contribution in [2.24, 2.45) is 46.3 Å². The quantitative estimate of drug-likeness (QED) is 0.471. The van der Waals surface area contributed by atoms with Crippen molar-refractivity contribution < 1.29 is 5.11 Å². The average molecular weight is 388 g/mol. The summed E-state index contributed by atoms with van der Waals surface area (Å²) >= 11 is 0. The van der Waals surface area contributed by atoms with Crippen LogP contribution >= 0.6 is 0 Å². The lowest BCUT2D eigenvalue weighted by Crippen LogP contribution is -2.50. The minimum Gasteiger partial charge on any atom is -0.393 e. The van der Waals surface area contributed by atoms with E-state index in [0.29, 0.717) is 10.8 Å². The molecule has 1 unspecified atom stereocenters. The van der Waals surface area contributed by atoms with Gasteiger partial charge in [-0.3, -0.25) is 0 Å². The zero-order valence-corrected chi connectivity index (χ0v) is 19.3. The molecule has 3 fully saturated rings. The molecule has 1 heteroatoms. The van der Waals surface area contributed by atoms with Crippen molar-refractivity contribution in [3.63, 3.8) is 0 Å². The van der Waals surface area contributed by atoms with Crippen LogP contribution in [0.4, 0.5) is 0 Å². The molecular formula is C27H46O. The molecule has 4 aliphatic carbocycles. The van der Waals surface area contributed by atoms with Gasteiger partial charge in [0.25, 0.3) is 0 Å². The summed E-state index contributed by atoms with van der Waals surface area (Å²) in [5, 5.41) is 5.00. The maximum absolute atomic E-state index is 7.38. The first-order valence-corrected chi connectivity index (χ1v) is 12.6. The molecule has 3 saturated carbocycles. The van der Waals surface area contributed by atoms with Gasteiger partial charge in [-0.2, -0.15) is 0 Å². The molecule has 28 heavy (non-hydrogen) atoms. The van der Waals surface area contributed by atoms with Crippen LogP contribution in [0.15, 0.2) is 11.6 Å². The molecule has 0 aromatic heterocycles.